The number of primary amides is 1. The number of aromatic nitrogens is 2. The molecule has 0 fully saturated rings. The summed E-state index contributed by atoms with van der Waals surface area (Å²) in [5, 5.41) is 3.67. The molecule has 0 saturated heterocycles. The largest absolute Gasteiger partial charge is 0.467 e. The van der Waals surface area contributed by atoms with E-state index in [-0.39, 0.29) is 11.4 Å². The van der Waals surface area contributed by atoms with Gasteiger partial charge in [-0.05, 0) is 18.2 Å². The van der Waals surface area contributed by atoms with E-state index in [0.29, 0.717) is 0 Å². The fourth-order valence-electron chi connectivity index (χ4n) is 1.57. The molecule has 0 spiro atoms. The molecule has 2 rings (SSSR count). The molecule has 1 aromatic heterocycles. The molecule has 1 heterocycles. The van der Waals surface area contributed by atoms with Crippen LogP contribution in [0.15, 0.2) is 30.3 Å². The molecule has 0 radical (unpaired) electrons. The number of alkyl halides is 3. The van der Waals surface area contributed by atoms with Gasteiger partial charge in [-0.25, -0.2) is 9.07 Å². The summed E-state index contributed by atoms with van der Waals surface area (Å²) in [6.07, 6.45) is -4.55. The second-order valence-corrected chi connectivity index (χ2v) is 4.03. The van der Waals surface area contributed by atoms with Gasteiger partial charge in [-0.15, -0.1) is 5.10 Å². The fourth-order valence-corrected chi connectivity index (χ4v) is 1.57. The van der Waals surface area contributed by atoms with Gasteiger partial charge < -0.3 is 10.5 Å². The Bertz CT molecular complexity index is 667. The van der Waals surface area contributed by atoms with Gasteiger partial charge in [-0.1, -0.05) is 6.07 Å². The number of benzene rings is 1. The number of nitrogens with zero attached hydrogens (tertiary/aromatic N) is 2. The number of amides is 1. The smallest absolute Gasteiger partial charge is 0.422 e. The van der Waals surface area contributed by atoms with Gasteiger partial charge >= 0.3 is 6.18 Å². The first-order valence-electron chi connectivity index (χ1n) is 5.61. The van der Waals surface area contributed by atoms with Gasteiger partial charge in [0, 0.05) is 6.07 Å². The third kappa shape index (κ3) is 3.71. The van der Waals surface area contributed by atoms with Crippen molar-refractivity contribution in [2.75, 3.05) is 6.61 Å². The van der Waals surface area contributed by atoms with Crippen molar-refractivity contribution >= 4 is 5.91 Å². The van der Waals surface area contributed by atoms with Crippen LogP contribution in [0.4, 0.5) is 17.6 Å². The van der Waals surface area contributed by atoms with Crippen LogP contribution in [0.5, 0.6) is 5.88 Å². The maximum atomic E-state index is 13.2. The SMILES string of the molecule is NC(=O)c1cc(OCC(F)(F)F)nn1-c1cccc(F)c1. The summed E-state index contributed by atoms with van der Waals surface area (Å²) in [4.78, 5) is 11.3. The van der Waals surface area contributed by atoms with Crippen molar-refractivity contribution < 1.29 is 27.1 Å². The Morgan fingerprint density at radius 2 is 2.05 bits per heavy atom. The minimum atomic E-state index is -4.55. The molecule has 0 atom stereocenters. The molecule has 21 heavy (non-hydrogen) atoms. The molecule has 5 nitrogen and oxygen atoms in total. The van der Waals surface area contributed by atoms with Crippen LogP contribution in [0.1, 0.15) is 10.5 Å². The zero-order chi connectivity index (χ0) is 15.6. The molecule has 9 heteroatoms. The lowest BCUT2D eigenvalue weighted by Crippen LogP contribution is -2.19. The van der Waals surface area contributed by atoms with Crippen molar-refractivity contribution in [2.24, 2.45) is 5.73 Å². The lowest BCUT2D eigenvalue weighted by Gasteiger charge is -2.06. The Labute approximate surface area is 115 Å². The third-order valence-corrected chi connectivity index (χ3v) is 2.38. The molecule has 0 bridgehead atoms. The quantitative estimate of drug-likeness (QED) is 0.879. The Kier molecular flexibility index (Phi) is 3.83. The van der Waals surface area contributed by atoms with Crippen LogP contribution >= 0.6 is 0 Å². The second-order valence-electron chi connectivity index (χ2n) is 4.03. The molecular weight excluding hydrogens is 294 g/mol. The predicted octanol–water partition coefficient (Wildman–Crippen LogP) is 2.05. The van der Waals surface area contributed by atoms with Crippen LogP contribution in [0.3, 0.4) is 0 Å². The summed E-state index contributed by atoms with van der Waals surface area (Å²) in [6.45, 7) is -1.56. The average molecular weight is 303 g/mol. The van der Waals surface area contributed by atoms with Crippen molar-refractivity contribution in [2.45, 2.75) is 6.18 Å². The van der Waals surface area contributed by atoms with Crippen LogP contribution in [0.25, 0.3) is 5.69 Å². The second kappa shape index (κ2) is 5.43. The van der Waals surface area contributed by atoms with E-state index in [2.05, 4.69) is 9.84 Å². The highest BCUT2D eigenvalue weighted by molar-refractivity contribution is 5.92. The fraction of sp³-hybridized carbons (Fsp3) is 0.167. The average Bonchev–Trinajstić information content (AvgIpc) is 2.80. The van der Waals surface area contributed by atoms with Gasteiger partial charge in [0.25, 0.3) is 5.91 Å². The van der Waals surface area contributed by atoms with E-state index >= 15 is 0 Å². The van der Waals surface area contributed by atoms with Gasteiger partial charge in [0.05, 0.1) is 5.69 Å². The number of halogens is 4. The first-order valence-corrected chi connectivity index (χ1v) is 5.61. The Morgan fingerprint density at radius 3 is 2.62 bits per heavy atom. The molecule has 1 aromatic carbocycles. The van der Waals surface area contributed by atoms with E-state index in [0.717, 1.165) is 22.9 Å². The van der Waals surface area contributed by atoms with Gasteiger partial charge in [0.2, 0.25) is 5.88 Å². The predicted molar refractivity (Wildman–Crippen MR) is 63.6 cm³/mol. The summed E-state index contributed by atoms with van der Waals surface area (Å²) in [5.41, 5.74) is 5.02. The molecule has 0 aliphatic carbocycles. The van der Waals surface area contributed by atoms with E-state index in [1.807, 2.05) is 0 Å². The van der Waals surface area contributed by atoms with Gasteiger partial charge in [-0.2, -0.15) is 13.2 Å². The van der Waals surface area contributed by atoms with Crippen LogP contribution in [0, 0.1) is 5.82 Å². The summed E-state index contributed by atoms with van der Waals surface area (Å²) < 4.78 is 54.8. The Hall–Kier alpha value is -2.58. The summed E-state index contributed by atoms with van der Waals surface area (Å²) >= 11 is 0. The zero-order valence-electron chi connectivity index (χ0n) is 10.4. The highest BCUT2D eigenvalue weighted by atomic mass is 19.4. The van der Waals surface area contributed by atoms with Crippen molar-refractivity contribution in [1.82, 2.24) is 9.78 Å². The molecule has 2 aromatic rings. The van der Waals surface area contributed by atoms with E-state index in [1.54, 1.807) is 0 Å². The lowest BCUT2D eigenvalue weighted by molar-refractivity contribution is -0.154. The molecule has 112 valence electrons. The number of nitrogens with two attached hydrogens (primary N) is 1. The van der Waals surface area contributed by atoms with Gasteiger partial charge in [0.15, 0.2) is 6.61 Å². The number of carbonyl (C=O) groups excluding carboxylic acids is 1. The van der Waals surface area contributed by atoms with Crippen LogP contribution in [-0.4, -0.2) is 28.5 Å². The van der Waals surface area contributed by atoms with E-state index in [1.165, 1.54) is 12.1 Å². The van der Waals surface area contributed by atoms with Crippen molar-refractivity contribution in [3.8, 4) is 11.6 Å². The summed E-state index contributed by atoms with van der Waals surface area (Å²) in [5.74, 6) is -1.98. The number of ether oxygens (including phenoxy) is 1. The monoisotopic (exact) mass is 303 g/mol. The highest BCUT2D eigenvalue weighted by Crippen LogP contribution is 2.21. The van der Waals surface area contributed by atoms with Crippen LogP contribution in [-0.2, 0) is 0 Å². The lowest BCUT2D eigenvalue weighted by atomic mass is 10.3. The number of hydrogen-bond donors (Lipinski definition) is 1. The van der Waals surface area contributed by atoms with Crippen LogP contribution in [0.2, 0.25) is 0 Å². The maximum absolute atomic E-state index is 13.2. The number of carbonyl (C=O) groups is 1. The molecule has 0 saturated carbocycles. The molecule has 2 N–H and O–H groups in total. The zero-order valence-corrected chi connectivity index (χ0v) is 10.4. The Morgan fingerprint density at radius 1 is 1.33 bits per heavy atom. The van der Waals surface area contributed by atoms with Crippen molar-refractivity contribution in [1.29, 1.82) is 0 Å². The number of hydrogen-bond acceptors (Lipinski definition) is 3. The van der Waals surface area contributed by atoms with E-state index in [4.69, 9.17) is 5.73 Å². The highest BCUT2D eigenvalue weighted by Gasteiger charge is 2.29. The molecular formula is C12H9F4N3O2. The van der Waals surface area contributed by atoms with E-state index < -0.39 is 30.4 Å². The molecule has 0 aliphatic heterocycles. The minimum Gasteiger partial charge on any atom is -0.467 e. The standard InChI is InChI=1S/C12H9F4N3O2/c13-7-2-1-3-8(4-7)19-9(11(17)20)5-10(18-19)21-6-12(14,15)16/h1-5H,6H2,(H2,17,20). The summed E-state index contributed by atoms with van der Waals surface area (Å²) in [7, 11) is 0. The van der Waals surface area contributed by atoms with Crippen molar-refractivity contribution in [3.63, 3.8) is 0 Å². The van der Waals surface area contributed by atoms with E-state index in [9.17, 15) is 22.4 Å². The third-order valence-electron chi connectivity index (χ3n) is 2.38. The molecule has 1 amide bonds. The van der Waals surface area contributed by atoms with Crippen LogP contribution < -0.4 is 10.5 Å². The molecule has 0 unspecified atom stereocenters. The topological polar surface area (TPSA) is 70.1 Å². The molecule has 0 aliphatic rings. The Balaban J connectivity index is 2.36. The first-order chi connectivity index (χ1) is 9.76. The maximum Gasteiger partial charge on any atom is 0.422 e. The number of rotatable bonds is 4. The first kappa shape index (κ1) is 14.8. The van der Waals surface area contributed by atoms with Crippen molar-refractivity contribution in [3.05, 3.63) is 41.8 Å². The summed E-state index contributed by atoms with van der Waals surface area (Å²) in [6, 6.07) is 5.94. The normalized spacial score (nSPS) is 11.4. The minimum absolute atomic E-state index is 0.130. The van der Waals surface area contributed by atoms with Gasteiger partial charge in [-0.3, -0.25) is 4.79 Å². The van der Waals surface area contributed by atoms with Gasteiger partial charge in [0.1, 0.15) is 11.5 Å².